The highest BCUT2D eigenvalue weighted by molar-refractivity contribution is 6.35. The Morgan fingerprint density at radius 3 is 2.65 bits per heavy atom. The second-order valence-electron chi connectivity index (χ2n) is 2.93. The van der Waals surface area contributed by atoms with E-state index in [1.807, 2.05) is 0 Å². The van der Waals surface area contributed by atoms with Crippen LogP contribution in [0.1, 0.15) is 0 Å². The Morgan fingerprint density at radius 1 is 1.59 bits per heavy atom. The Bertz CT molecular complexity index is 431. The van der Waals surface area contributed by atoms with Crippen LogP contribution in [0.2, 0.25) is 0 Å². The van der Waals surface area contributed by atoms with Gasteiger partial charge in [-0.3, -0.25) is 14.9 Å². The minimum absolute atomic E-state index is 0.566. The summed E-state index contributed by atoms with van der Waals surface area (Å²) in [4.78, 5) is 33.8. The molecular formula is C6H7N5O6. The van der Waals surface area contributed by atoms with Gasteiger partial charge in [0.1, 0.15) is 6.61 Å². The summed E-state index contributed by atoms with van der Waals surface area (Å²) in [5, 5.41) is 25.4. The molecule has 0 aromatic carbocycles. The van der Waals surface area contributed by atoms with Gasteiger partial charge in [0.25, 0.3) is 5.84 Å². The van der Waals surface area contributed by atoms with Gasteiger partial charge >= 0.3 is 11.8 Å². The molecule has 11 heteroatoms. The van der Waals surface area contributed by atoms with Crippen molar-refractivity contribution in [3.05, 3.63) is 10.1 Å². The van der Waals surface area contributed by atoms with Crippen molar-refractivity contribution in [3.63, 3.8) is 0 Å². The van der Waals surface area contributed by atoms with Crippen molar-refractivity contribution in [3.8, 4) is 0 Å². The maximum atomic E-state index is 10.7. The molecule has 0 aromatic rings. The molecule has 92 valence electrons. The van der Waals surface area contributed by atoms with E-state index in [9.17, 15) is 19.7 Å². The highest BCUT2D eigenvalue weighted by Gasteiger charge is 2.49. The summed E-state index contributed by atoms with van der Waals surface area (Å²) < 4.78 is 4.60. The number of carboxylic acid groups (broad SMARTS) is 1. The summed E-state index contributed by atoms with van der Waals surface area (Å²) in [5.74, 6) is -5.54. The highest BCUT2D eigenvalue weighted by Crippen LogP contribution is 2.21. The minimum Gasteiger partial charge on any atom is -0.475 e. The van der Waals surface area contributed by atoms with Crippen LogP contribution in [-0.4, -0.2) is 46.7 Å². The van der Waals surface area contributed by atoms with E-state index < -0.39 is 41.6 Å². The van der Waals surface area contributed by atoms with E-state index in [-0.39, 0.29) is 0 Å². The van der Waals surface area contributed by atoms with Gasteiger partial charge in [-0.05, 0) is 0 Å². The van der Waals surface area contributed by atoms with E-state index >= 15 is 0 Å². The second kappa shape index (κ2) is 4.61. The molecule has 0 spiro atoms. The number of nitro groups is 1. The number of hydrogen-bond donors (Lipinski definition) is 2. The number of amides is 1. The van der Waals surface area contributed by atoms with Crippen LogP contribution in [0.4, 0.5) is 0 Å². The van der Waals surface area contributed by atoms with E-state index in [2.05, 4.69) is 20.0 Å². The van der Waals surface area contributed by atoms with Gasteiger partial charge < -0.3 is 15.6 Å². The van der Waals surface area contributed by atoms with Crippen LogP contribution in [0.5, 0.6) is 0 Å². The normalized spacial score (nSPS) is 22.2. The number of aliphatic imine (C=N–C) groups is 1. The molecule has 0 radical (unpaired) electrons. The molecule has 1 aliphatic heterocycles. The number of hydrogen-bond acceptors (Lipinski definition) is 8. The Hall–Kier alpha value is -2.43. The van der Waals surface area contributed by atoms with E-state index in [1.54, 1.807) is 0 Å². The van der Waals surface area contributed by atoms with Crippen LogP contribution >= 0.6 is 0 Å². The van der Waals surface area contributed by atoms with Crippen molar-refractivity contribution in [1.82, 2.24) is 0 Å². The topological polar surface area (TPSA) is 170 Å². The molecule has 1 heterocycles. The number of ether oxygens (including phenoxy) is 1. The van der Waals surface area contributed by atoms with Crippen LogP contribution in [0.25, 0.3) is 0 Å². The van der Waals surface area contributed by atoms with Crippen molar-refractivity contribution < 1.29 is 24.4 Å². The lowest BCUT2D eigenvalue weighted by atomic mass is 10.4. The van der Waals surface area contributed by atoms with Crippen molar-refractivity contribution in [2.45, 2.75) is 5.79 Å². The number of primary amides is 1. The van der Waals surface area contributed by atoms with Gasteiger partial charge in [0.2, 0.25) is 5.91 Å². The maximum Gasteiger partial charge on any atom is 0.454 e. The van der Waals surface area contributed by atoms with Gasteiger partial charge in [-0.25, -0.2) is 4.79 Å². The Morgan fingerprint density at radius 2 is 2.24 bits per heavy atom. The average Bonchev–Trinajstić information content (AvgIpc) is 2.63. The molecule has 17 heavy (non-hydrogen) atoms. The molecule has 11 nitrogen and oxygen atoms in total. The Kier molecular flexibility index (Phi) is 3.43. The number of nitrogens with two attached hydrogens (primary N) is 1. The smallest absolute Gasteiger partial charge is 0.454 e. The molecule has 1 aliphatic rings. The van der Waals surface area contributed by atoms with Crippen LogP contribution in [0.3, 0.4) is 0 Å². The molecule has 1 atom stereocenters. The fourth-order valence-electron chi connectivity index (χ4n) is 0.912. The number of carboxylic acids is 1. The van der Waals surface area contributed by atoms with Crippen molar-refractivity contribution in [2.75, 3.05) is 13.2 Å². The number of carbonyl (C=O) groups is 2. The summed E-state index contributed by atoms with van der Waals surface area (Å²) in [6.45, 7) is -1.30. The molecule has 0 saturated carbocycles. The monoisotopic (exact) mass is 245 g/mol. The third-order valence-corrected chi connectivity index (χ3v) is 1.61. The number of amidine groups is 1. The third-order valence-electron chi connectivity index (χ3n) is 1.61. The first-order chi connectivity index (χ1) is 7.87. The van der Waals surface area contributed by atoms with Crippen molar-refractivity contribution in [2.24, 2.45) is 21.0 Å². The van der Waals surface area contributed by atoms with E-state index in [4.69, 9.17) is 10.8 Å². The molecule has 1 rings (SSSR count). The first-order valence-electron chi connectivity index (χ1n) is 4.14. The summed E-state index contributed by atoms with van der Waals surface area (Å²) in [5.41, 5.74) is 4.75. The fraction of sp³-hybridized carbons (Fsp3) is 0.500. The van der Waals surface area contributed by atoms with Gasteiger partial charge in [0, 0.05) is 0 Å². The first-order valence-corrected chi connectivity index (χ1v) is 4.14. The van der Waals surface area contributed by atoms with Gasteiger partial charge in [0.15, 0.2) is 6.61 Å². The SMILES string of the molecule is NC(=O)COCC1([N+](=O)[O-])N=NC(C(=O)O)=N1. The predicted octanol–water partition coefficient (Wildman–Crippen LogP) is -1.63. The number of carbonyl (C=O) groups excluding carboxylic acids is 1. The highest BCUT2D eigenvalue weighted by atomic mass is 16.6. The first kappa shape index (κ1) is 12.6. The summed E-state index contributed by atoms with van der Waals surface area (Å²) >= 11 is 0. The zero-order valence-electron chi connectivity index (χ0n) is 8.27. The van der Waals surface area contributed by atoms with Crippen molar-refractivity contribution in [1.29, 1.82) is 0 Å². The van der Waals surface area contributed by atoms with Crippen LogP contribution < -0.4 is 5.73 Å². The number of aliphatic carboxylic acids is 1. The standard InChI is InChI=1S/C6H7N5O6/c7-3(12)1-17-2-6(11(15)16)8-4(5(13)14)9-10-6/h1-2H2,(H2,7,12)(H,13,14). The fourth-order valence-corrected chi connectivity index (χ4v) is 0.912. The number of rotatable bonds is 6. The zero-order chi connectivity index (χ0) is 13.1. The van der Waals surface area contributed by atoms with Crippen molar-refractivity contribution >= 4 is 17.7 Å². The molecule has 1 amide bonds. The molecule has 3 N–H and O–H groups in total. The van der Waals surface area contributed by atoms with Gasteiger partial charge in [-0.15, -0.1) is 5.11 Å². The molecule has 1 unspecified atom stereocenters. The van der Waals surface area contributed by atoms with E-state index in [1.165, 1.54) is 0 Å². The predicted molar refractivity (Wildman–Crippen MR) is 49.7 cm³/mol. The largest absolute Gasteiger partial charge is 0.475 e. The summed E-state index contributed by atoms with van der Waals surface area (Å²) in [6.07, 6.45) is 0. The van der Waals surface area contributed by atoms with E-state index in [0.717, 1.165) is 0 Å². The summed E-state index contributed by atoms with van der Waals surface area (Å²) in [7, 11) is 0. The molecule has 0 aliphatic carbocycles. The van der Waals surface area contributed by atoms with Crippen LogP contribution in [-0.2, 0) is 14.3 Å². The lowest BCUT2D eigenvalue weighted by Gasteiger charge is -2.11. The quantitative estimate of drug-likeness (QED) is 0.420. The summed E-state index contributed by atoms with van der Waals surface area (Å²) in [6, 6.07) is 0. The second-order valence-corrected chi connectivity index (χ2v) is 2.93. The number of nitrogens with zero attached hydrogens (tertiary/aromatic N) is 4. The minimum atomic E-state index is -2.36. The average molecular weight is 245 g/mol. The molecule has 0 fully saturated rings. The lowest BCUT2D eigenvalue weighted by molar-refractivity contribution is -0.570. The van der Waals surface area contributed by atoms with Gasteiger partial charge in [-0.2, -0.15) is 4.99 Å². The maximum absolute atomic E-state index is 10.7. The Labute approximate surface area is 93.1 Å². The lowest BCUT2D eigenvalue weighted by Crippen LogP contribution is -2.39. The zero-order valence-corrected chi connectivity index (χ0v) is 8.27. The van der Waals surface area contributed by atoms with Crippen LogP contribution in [0, 0.1) is 10.1 Å². The number of azo groups is 1. The third kappa shape index (κ3) is 2.78. The van der Waals surface area contributed by atoms with E-state index in [0.29, 0.717) is 0 Å². The van der Waals surface area contributed by atoms with Gasteiger partial charge in [0.05, 0.1) is 4.92 Å². The Balaban J connectivity index is 2.80. The molecular weight excluding hydrogens is 238 g/mol. The molecule has 0 saturated heterocycles. The van der Waals surface area contributed by atoms with Crippen LogP contribution in [0.15, 0.2) is 15.2 Å². The van der Waals surface area contributed by atoms with Gasteiger partial charge in [-0.1, -0.05) is 5.11 Å². The molecule has 0 bridgehead atoms. The molecule has 0 aromatic heterocycles.